The molecule has 3 aromatic carbocycles. The fourth-order valence-corrected chi connectivity index (χ4v) is 3.49. The Morgan fingerprint density at radius 1 is 0.690 bits per heavy atom. The SMILES string of the molecule is COc1cc(-c2cc(=O)c3ccc4c(OC)cccc4c3o2)cc(OC)c1OC. The Hall–Kier alpha value is -3.67. The topological polar surface area (TPSA) is 67.1 Å². The van der Waals surface area contributed by atoms with E-state index in [4.69, 9.17) is 23.4 Å². The van der Waals surface area contributed by atoms with Gasteiger partial charge in [-0.2, -0.15) is 0 Å². The molecule has 0 atom stereocenters. The van der Waals surface area contributed by atoms with Crippen LogP contribution in [0.5, 0.6) is 23.0 Å². The second-order valence-electron chi connectivity index (χ2n) is 6.39. The quantitative estimate of drug-likeness (QED) is 0.461. The van der Waals surface area contributed by atoms with Crippen LogP contribution in [0.1, 0.15) is 0 Å². The maximum atomic E-state index is 12.8. The first-order valence-corrected chi connectivity index (χ1v) is 8.95. The zero-order chi connectivity index (χ0) is 20.5. The summed E-state index contributed by atoms with van der Waals surface area (Å²) in [5.74, 6) is 2.53. The Bertz CT molecular complexity index is 1250. The summed E-state index contributed by atoms with van der Waals surface area (Å²) in [4.78, 5) is 12.8. The zero-order valence-corrected chi connectivity index (χ0v) is 16.6. The number of methoxy groups -OCH3 is 4. The summed E-state index contributed by atoms with van der Waals surface area (Å²) in [6, 6.07) is 14.2. The summed E-state index contributed by atoms with van der Waals surface area (Å²) >= 11 is 0. The van der Waals surface area contributed by atoms with Crippen molar-refractivity contribution in [1.82, 2.24) is 0 Å². The lowest BCUT2D eigenvalue weighted by molar-refractivity contribution is 0.324. The third-order valence-electron chi connectivity index (χ3n) is 4.88. The molecular weight excluding hydrogens is 372 g/mol. The van der Waals surface area contributed by atoms with E-state index < -0.39 is 0 Å². The highest BCUT2D eigenvalue weighted by Crippen LogP contribution is 2.41. The molecule has 0 amide bonds. The summed E-state index contributed by atoms with van der Waals surface area (Å²) in [5.41, 5.74) is 0.996. The number of ether oxygens (including phenoxy) is 4. The molecule has 0 N–H and O–H groups in total. The third-order valence-corrected chi connectivity index (χ3v) is 4.88. The van der Waals surface area contributed by atoms with Crippen molar-refractivity contribution in [2.24, 2.45) is 0 Å². The highest BCUT2D eigenvalue weighted by Gasteiger charge is 2.17. The molecule has 0 bridgehead atoms. The van der Waals surface area contributed by atoms with Gasteiger partial charge in [-0.05, 0) is 30.3 Å². The van der Waals surface area contributed by atoms with Gasteiger partial charge < -0.3 is 23.4 Å². The Labute approximate surface area is 167 Å². The molecule has 0 saturated carbocycles. The maximum absolute atomic E-state index is 12.8. The number of benzene rings is 3. The van der Waals surface area contributed by atoms with Crippen molar-refractivity contribution in [1.29, 1.82) is 0 Å². The molecule has 29 heavy (non-hydrogen) atoms. The minimum atomic E-state index is -0.139. The van der Waals surface area contributed by atoms with Gasteiger partial charge >= 0.3 is 0 Å². The monoisotopic (exact) mass is 392 g/mol. The second kappa shape index (κ2) is 7.39. The average molecular weight is 392 g/mol. The first kappa shape index (κ1) is 18.7. The number of hydrogen-bond donors (Lipinski definition) is 0. The largest absolute Gasteiger partial charge is 0.496 e. The first-order valence-electron chi connectivity index (χ1n) is 8.95. The van der Waals surface area contributed by atoms with Gasteiger partial charge in [0, 0.05) is 22.4 Å². The first-order chi connectivity index (χ1) is 14.1. The smallest absolute Gasteiger partial charge is 0.203 e. The van der Waals surface area contributed by atoms with Crippen LogP contribution in [0.2, 0.25) is 0 Å². The average Bonchev–Trinajstić information content (AvgIpc) is 2.77. The van der Waals surface area contributed by atoms with Gasteiger partial charge in [0.2, 0.25) is 5.75 Å². The summed E-state index contributed by atoms with van der Waals surface area (Å²) in [6.07, 6.45) is 0. The van der Waals surface area contributed by atoms with Gasteiger partial charge in [-0.1, -0.05) is 12.1 Å². The van der Waals surface area contributed by atoms with Gasteiger partial charge in [-0.3, -0.25) is 4.79 Å². The van der Waals surface area contributed by atoms with Crippen LogP contribution in [0.4, 0.5) is 0 Å². The van der Waals surface area contributed by atoms with Crippen molar-refractivity contribution in [3.05, 3.63) is 58.8 Å². The molecule has 0 spiro atoms. The van der Waals surface area contributed by atoms with E-state index in [1.54, 1.807) is 25.3 Å². The molecule has 1 aromatic heterocycles. The van der Waals surface area contributed by atoms with E-state index in [0.717, 1.165) is 10.8 Å². The summed E-state index contributed by atoms with van der Waals surface area (Å²) in [5, 5.41) is 2.17. The molecule has 0 fully saturated rings. The molecule has 0 unspecified atom stereocenters. The highest BCUT2D eigenvalue weighted by molar-refractivity contribution is 6.06. The van der Waals surface area contributed by atoms with E-state index >= 15 is 0 Å². The van der Waals surface area contributed by atoms with Crippen LogP contribution < -0.4 is 24.4 Å². The van der Waals surface area contributed by atoms with Crippen LogP contribution in [-0.4, -0.2) is 28.4 Å². The lowest BCUT2D eigenvalue weighted by atomic mass is 10.0. The van der Waals surface area contributed by atoms with Gasteiger partial charge in [0.15, 0.2) is 16.9 Å². The van der Waals surface area contributed by atoms with Crippen LogP contribution in [0, 0.1) is 0 Å². The molecular formula is C23H20O6. The van der Waals surface area contributed by atoms with Gasteiger partial charge in [-0.15, -0.1) is 0 Å². The van der Waals surface area contributed by atoms with Gasteiger partial charge in [0.05, 0.1) is 33.8 Å². The van der Waals surface area contributed by atoms with E-state index in [1.165, 1.54) is 27.4 Å². The maximum Gasteiger partial charge on any atom is 0.203 e. The van der Waals surface area contributed by atoms with Crippen molar-refractivity contribution in [3.63, 3.8) is 0 Å². The predicted molar refractivity (Wildman–Crippen MR) is 112 cm³/mol. The molecule has 6 nitrogen and oxygen atoms in total. The van der Waals surface area contributed by atoms with Gasteiger partial charge in [0.1, 0.15) is 17.1 Å². The van der Waals surface area contributed by atoms with Crippen molar-refractivity contribution >= 4 is 21.7 Å². The fourth-order valence-electron chi connectivity index (χ4n) is 3.49. The Balaban J connectivity index is 2.03. The van der Waals surface area contributed by atoms with Crippen molar-refractivity contribution in [3.8, 4) is 34.3 Å². The van der Waals surface area contributed by atoms with Crippen LogP contribution >= 0.6 is 0 Å². The molecule has 0 aliphatic heterocycles. The molecule has 0 aliphatic carbocycles. The van der Waals surface area contributed by atoms with E-state index in [2.05, 4.69) is 0 Å². The van der Waals surface area contributed by atoms with Gasteiger partial charge in [0.25, 0.3) is 0 Å². The van der Waals surface area contributed by atoms with Crippen molar-refractivity contribution < 1.29 is 23.4 Å². The molecule has 4 aromatic rings. The third kappa shape index (κ3) is 3.02. The van der Waals surface area contributed by atoms with Crippen LogP contribution in [-0.2, 0) is 0 Å². The molecule has 0 saturated heterocycles. The van der Waals surface area contributed by atoms with Crippen LogP contribution in [0.15, 0.2) is 57.7 Å². The van der Waals surface area contributed by atoms with Gasteiger partial charge in [-0.25, -0.2) is 0 Å². The Morgan fingerprint density at radius 3 is 1.97 bits per heavy atom. The summed E-state index contributed by atoms with van der Waals surface area (Å²) < 4.78 is 27.9. The van der Waals surface area contributed by atoms with E-state index in [9.17, 15) is 4.79 Å². The molecule has 0 radical (unpaired) electrons. The Morgan fingerprint density at radius 2 is 1.34 bits per heavy atom. The minimum Gasteiger partial charge on any atom is -0.496 e. The van der Waals surface area contributed by atoms with Crippen LogP contribution in [0.3, 0.4) is 0 Å². The zero-order valence-electron chi connectivity index (χ0n) is 16.6. The standard InChI is InChI=1S/C23H20O6/c1-25-18-7-5-6-15-14(18)8-9-16-17(24)12-19(29-22(15)16)13-10-20(26-2)23(28-4)21(11-13)27-3/h5-12H,1-4H3. The van der Waals surface area contributed by atoms with E-state index in [-0.39, 0.29) is 5.43 Å². The van der Waals surface area contributed by atoms with Crippen molar-refractivity contribution in [2.75, 3.05) is 28.4 Å². The number of hydrogen-bond acceptors (Lipinski definition) is 6. The molecule has 1 heterocycles. The number of rotatable bonds is 5. The molecule has 6 heteroatoms. The van der Waals surface area contributed by atoms with Crippen molar-refractivity contribution in [2.45, 2.75) is 0 Å². The molecule has 148 valence electrons. The minimum absolute atomic E-state index is 0.139. The van der Waals surface area contributed by atoms with E-state index in [0.29, 0.717) is 45.3 Å². The highest BCUT2D eigenvalue weighted by atomic mass is 16.5. The lowest BCUT2D eigenvalue weighted by Gasteiger charge is -2.14. The number of fused-ring (bicyclic) bond motifs is 3. The predicted octanol–water partition coefficient (Wildman–Crippen LogP) is 4.65. The normalized spacial score (nSPS) is 10.9. The van der Waals surface area contributed by atoms with E-state index in [1.807, 2.05) is 24.3 Å². The molecule has 0 aliphatic rings. The summed E-state index contributed by atoms with van der Waals surface area (Å²) in [6.45, 7) is 0. The fraction of sp³-hybridized carbons (Fsp3) is 0.174. The molecule has 4 rings (SSSR count). The lowest BCUT2D eigenvalue weighted by Crippen LogP contribution is -2.01. The van der Waals surface area contributed by atoms with Crippen LogP contribution in [0.25, 0.3) is 33.1 Å². The second-order valence-corrected chi connectivity index (χ2v) is 6.39. The summed E-state index contributed by atoms with van der Waals surface area (Å²) in [7, 11) is 6.23. The Kier molecular flexibility index (Phi) is 4.76.